The molecule has 0 aliphatic carbocycles. The lowest BCUT2D eigenvalue weighted by Crippen LogP contribution is -2.29. The molecule has 1 amide bonds. The number of amides is 1. The minimum Gasteiger partial charge on any atom is -0.291 e. The Morgan fingerprint density at radius 3 is 1.74 bits per heavy atom. The maximum Gasteiger partial charge on any atom is 0.232 e. The monoisotopic (exact) mass is 353 g/mol. The van der Waals surface area contributed by atoms with Gasteiger partial charge in [0.1, 0.15) is 0 Å². The number of hydrogen-bond donors (Lipinski definition) is 0. The molecule has 132 valence electrons. The zero-order valence-corrected chi connectivity index (χ0v) is 15.0. The molecule has 3 aromatic rings. The van der Waals surface area contributed by atoms with Gasteiger partial charge in [-0.05, 0) is 39.8 Å². The maximum absolute atomic E-state index is 12.8. The predicted molar refractivity (Wildman–Crippen MR) is 108 cm³/mol. The highest BCUT2D eigenvalue weighted by molar-refractivity contribution is 5.94. The van der Waals surface area contributed by atoms with Gasteiger partial charge in [-0.2, -0.15) is 0 Å². The number of carbonyl (C=O) groups is 1. The van der Waals surface area contributed by atoms with Crippen LogP contribution in [0.5, 0.6) is 0 Å². The van der Waals surface area contributed by atoms with E-state index >= 15 is 0 Å². The van der Waals surface area contributed by atoms with E-state index in [1.54, 1.807) is 6.92 Å². The van der Waals surface area contributed by atoms with E-state index in [0.717, 1.165) is 22.3 Å². The molecular weight excluding hydrogens is 334 g/mol. The van der Waals surface area contributed by atoms with Crippen LogP contribution in [-0.4, -0.2) is 5.91 Å². The van der Waals surface area contributed by atoms with Crippen LogP contribution in [0.4, 0.5) is 0 Å². The topological polar surface area (TPSA) is 65.8 Å². The van der Waals surface area contributed by atoms with Gasteiger partial charge in [-0.15, -0.1) is 0 Å². The van der Waals surface area contributed by atoms with Crippen molar-refractivity contribution < 1.29 is 4.79 Å². The summed E-state index contributed by atoms with van der Waals surface area (Å²) in [5.41, 5.74) is 11.4. The lowest BCUT2D eigenvalue weighted by atomic mass is 9.78. The molecular formula is C23H19N3O. The molecule has 3 aromatic carbocycles. The van der Waals surface area contributed by atoms with E-state index in [2.05, 4.69) is 10.0 Å². The molecule has 1 unspecified atom stereocenters. The van der Waals surface area contributed by atoms with Crippen molar-refractivity contribution in [1.82, 2.24) is 0 Å². The zero-order valence-electron chi connectivity index (χ0n) is 15.0. The van der Waals surface area contributed by atoms with Crippen molar-refractivity contribution in [3.05, 3.63) is 124 Å². The fourth-order valence-corrected chi connectivity index (χ4v) is 3.05. The van der Waals surface area contributed by atoms with Crippen molar-refractivity contribution in [2.45, 2.75) is 12.3 Å². The van der Waals surface area contributed by atoms with Gasteiger partial charge in [-0.1, -0.05) is 97.1 Å². The van der Waals surface area contributed by atoms with Crippen molar-refractivity contribution in [1.29, 1.82) is 0 Å². The lowest BCUT2D eigenvalue weighted by Gasteiger charge is -2.25. The normalized spacial score (nSPS) is 12.3. The molecule has 0 heterocycles. The summed E-state index contributed by atoms with van der Waals surface area (Å²) in [5, 5.41) is 3.41. The van der Waals surface area contributed by atoms with Gasteiger partial charge in [-0.3, -0.25) is 4.79 Å². The Hall–Kier alpha value is -3.62. The van der Waals surface area contributed by atoms with E-state index in [1.807, 2.05) is 97.1 Å². The fourth-order valence-electron chi connectivity index (χ4n) is 3.05. The standard InChI is InChI=1S/C23H19N3O/c1-23(22(27)25-26-24,20-15-9-4-10-16-20)17-21(18-11-5-2-6-12-18)19-13-7-3-8-14-19/h2-17H,1H3. The van der Waals surface area contributed by atoms with Crippen LogP contribution in [-0.2, 0) is 10.2 Å². The van der Waals surface area contributed by atoms with Crippen molar-refractivity contribution in [3.8, 4) is 0 Å². The minimum absolute atomic E-state index is 0.541. The van der Waals surface area contributed by atoms with Crippen LogP contribution in [0, 0.1) is 0 Å². The summed E-state index contributed by atoms with van der Waals surface area (Å²) < 4.78 is 0. The van der Waals surface area contributed by atoms with Crippen LogP contribution in [0.3, 0.4) is 0 Å². The Labute approximate surface area is 158 Å². The van der Waals surface area contributed by atoms with Crippen LogP contribution < -0.4 is 0 Å². The second-order valence-corrected chi connectivity index (χ2v) is 6.35. The van der Waals surface area contributed by atoms with Gasteiger partial charge in [0.05, 0.1) is 5.41 Å². The van der Waals surface area contributed by atoms with Crippen molar-refractivity contribution >= 4 is 11.5 Å². The second kappa shape index (κ2) is 8.17. The molecule has 4 heteroatoms. The lowest BCUT2D eigenvalue weighted by molar-refractivity contribution is -0.121. The molecule has 0 aromatic heterocycles. The molecule has 1 atom stereocenters. The predicted octanol–water partition coefficient (Wildman–Crippen LogP) is 5.91. The van der Waals surface area contributed by atoms with Crippen LogP contribution in [0.25, 0.3) is 16.0 Å². The van der Waals surface area contributed by atoms with Gasteiger partial charge in [0, 0.05) is 4.91 Å². The first-order chi connectivity index (χ1) is 13.1. The molecule has 4 nitrogen and oxygen atoms in total. The highest BCUT2D eigenvalue weighted by Gasteiger charge is 2.33. The van der Waals surface area contributed by atoms with E-state index in [-0.39, 0.29) is 0 Å². The fraction of sp³-hybridized carbons (Fsp3) is 0.0870. The SMILES string of the molecule is CC(C=C(c1ccccc1)c1ccccc1)(C(=O)N=[N+]=[N-])c1ccccc1. The number of benzene rings is 3. The second-order valence-electron chi connectivity index (χ2n) is 6.35. The zero-order chi connectivity index (χ0) is 19.1. The maximum atomic E-state index is 12.8. The first kappa shape index (κ1) is 18.2. The van der Waals surface area contributed by atoms with Gasteiger partial charge >= 0.3 is 0 Å². The summed E-state index contributed by atoms with van der Waals surface area (Å²) >= 11 is 0. The highest BCUT2D eigenvalue weighted by atomic mass is 16.2. The van der Waals surface area contributed by atoms with Gasteiger partial charge in [0.25, 0.3) is 0 Å². The largest absolute Gasteiger partial charge is 0.291 e. The van der Waals surface area contributed by atoms with E-state index in [9.17, 15) is 4.79 Å². The molecule has 0 N–H and O–H groups in total. The van der Waals surface area contributed by atoms with Crippen LogP contribution in [0.1, 0.15) is 23.6 Å². The third-order valence-electron chi connectivity index (χ3n) is 4.56. The summed E-state index contributed by atoms with van der Waals surface area (Å²) in [4.78, 5) is 15.5. The summed E-state index contributed by atoms with van der Waals surface area (Å²) in [5.74, 6) is -0.541. The third kappa shape index (κ3) is 3.97. The highest BCUT2D eigenvalue weighted by Crippen LogP contribution is 2.34. The molecule has 0 saturated carbocycles. The molecule has 27 heavy (non-hydrogen) atoms. The minimum atomic E-state index is -1.09. The summed E-state index contributed by atoms with van der Waals surface area (Å²) in [7, 11) is 0. The average molecular weight is 353 g/mol. The number of carbonyl (C=O) groups excluding carboxylic acids is 1. The molecule has 0 spiro atoms. The molecule has 0 fully saturated rings. The van der Waals surface area contributed by atoms with Crippen molar-refractivity contribution in [2.75, 3.05) is 0 Å². The molecule has 0 aliphatic rings. The van der Waals surface area contributed by atoms with Crippen molar-refractivity contribution in [2.24, 2.45) is 5.11 Å². The number of azide groups is 1. The number of hydrogen-bond acceptors (Lipinski definition) is 1. The van der Waals surface area contributed by atoms with Crippen LogP contribution >= 0.6 is 0 Å². The first-order valence-electron chi connectivity index (χ1n) is 8.64. The smallest absolute Gasteiger partial charge is 0.232 e. The number of nitrogens with zero attached hydrogens (tertiary/aromatic N) is 3. The van der Waals surface area contributed by atoms with Gasteiger partial charge in [-0.25, -0.2) is 0 Å². The van der Waals surface area contributed by atoms with E-state index in [1.165, 1.54) is 0 Å². The Morgan fingerprint density at radius 1 is 0.852 bits per heavy atom. The first-order valence-corrected chi connectivity index (χ1v) is 8.64. The van der Waals surface area contributed by atoms with E-state index in [4.69, 9.17) is 5.53 Å². The Bertz CT molecular complexity index is 950. The van der Waals surface area contributed by atoms with E-state index in [0.29, 0.717) is 0 Å². The molecule has 0 bridgehead atoms. The summed E-state index contributed by atoms with van der Waals surface area (Å²) in [6.07, 6.45) is 1.89. The van der Waals surface area contributed by atoms with E-state index < -0.39 is 11.3 Å². The van der Waals surface area contributed by atoms with Gasteiger partial charge in [0.15, 0.2) is 0 Å². The van der Waals surface area contributed by atoms with Crippen LogP contribution in [0.2, 0.25) is 0 Å². The summed E-state index contributed by atoms with van der Waals surface area (Å²) in [6, 6.07) is 29.1. The average Bonchev–Trinajstić information content (AvgIpc) is 2.74. The number of rotatable bonds is 5. The Kier molecular flexibility index (Phi) is 5.50. The molecule has 3 rings (SSSR count). The Balaban J connectivity index is 2.26. The molecule has 0 saturated heterocycles. The van der Waals surface area contributed by atoms with Crippen molar-refractivity contribution in [3.63, 3.8) is 0 Å². The van der Waals surface area contributed by atoms with Gasteiger partial charge in [0.2, 0.25) is 5.91 Å². The Morgan fingerprint density at radius 2 is 1.30 bits per heavy atom. The molecule has 0 radical (unpaired) electrons. The molecule has 0 aliphatic heterocycles. The quantitative estimate of drug-likeness (QED) is 0.319. The van der Waals surface area contributed by atoms with Gasteiger partial charge < -0.3 is 0 Å². The van der Waals surface area contributed by atoms with Crippen LogP contribution in [0.15, 0.2) is 102 Å². The third-order valence-corrected chi connectivity index (χ3v) is 4.56. The summed E-state index contributed by atoms with van der Waals surface area (Å²) in [6.45, 7) is 1.78.